The minimum atomic E-state index is -0.671. The van der Waals surface area contributed by atoms with E-state index in [1.54, 1.807) is 0 Å². The molecule has 2 spiro atoms. The Morgan fingerprint density at radius 3 is 0.787 bits per heavy atom. The Balaban J connectivity index is 1.13. The summed E-state index contributed by atoms with van der Waals surface area (Å²) in [7, 11) is 0. The van der Waals surface area contributed by atoms with Crippen LogP contribution in [0.25, 0.3) is 53.6 Å². The van der Waals surface area contributed by atoms with Gasteiger partial charge in [0.05, 0.1) is 32.9 Å². The van der Waals surface area contributed by atoms with E-state index in [-0.39, 0.29) is 21.7 Å². The summed E-state index contributed by atoms with van der Waals surface area (Å²) in [6.45, 7) is 28.1. The molecule has 2 nitrogen and oxygen atoms in total. The van der Waals surface area contributed by atoms with E-state index in [9.17, 15) is 0 Å². The molecule has 6 heterocycles. The number of nitrogens with zero attached hydrogens (tertiary/aromatic N) is 2. The van der Waals surface area contributed by atoms with Crippen molar-refractivity contribution in [2.45, 2.75) is 135 Å². The summed E-state index contributed by atoms with van der Waals surface area (Å²) in [6, 6.07) is 72.0. The van der Waals surface area contributed by atoms with Crippen LogP contribution >= 0.6 is 46.2 Å². The highest BCUT2D eigenvalue weighted by Gasteiger charge is 2.60. The Labute approximate surface area is 487 Å². The van der Waals surface area contributed by atoms with E-state index in [0.29, 0.717) is 0 Å². The fourth-order valence-electron chi connectivity index (χ4n) is 13.8. The first kappa shape index (κ1) is 50.4. The molecule has 0 fully saturated rings. The van der Waals surface area contributed by atoms with Crippen molar-refractivity contribution in [1.29, 1.82) is 0 Å². The fourth-order valence-corrected chi connectivity index (χ4v) is 19.1. The molecule has 3 aliphatic rings. The quantitative estimate of drug-likeness (QED) is 0.171. The SMILES string of the molecule is CC(C)(C)c1ccc2c(c1)c1cc(C(C)(C)C)ccc1n2-c1cc2c(s1)C1(c3ccccc3Sc3ccccc31)c1cc(-n3c4ccc(C(C)(C)C)cc4c4cc(C(C)(C)C)ccc43)sc1C21c2ccccc2Sc2ccccc21. The summed E-state index contributed by atoms with van der Waals surface area (Å²) < 4.78 is 5.27. The van der Waals surface area contributed by atoms with Crippen molar-refractivity contribution in [3.05, 3.63) is 247 Å². The Bertz CT molecular complexity index is 4020. The van der Waals surface area contributed by atoms with Crippen LogP contribution < -0.4 is 0 Å². The number of fused-ring (bicyclic) bond motifs is 20. The second-order valence-electron chi connectivity index (χ2n) is 26.9. The van der Waals surface area contributed by atoms with Gasteiger partial charge in [-0.2, -0.15) is 0 Å². The van der Waals surface area contributed by atoms with E-state index in [0.717, 1.165) is 0 Å². The van der Waals surface area contributed by atoms with Crippen LogP contribution in [0.2, 0.25) is 0 Å². The molecule has 0 N–H and O–H groups in total. The lowest BCUT2D eigenvalue weighted by molar-refractivity contribution is 0.590. The molecule has 0 atom stereocenters. The number of hydrogen-bond donors (Lipinski definition) is 0. The van der Waals surface area contributed by atoms with Gasteiger partial charge in [0.25, 0.3) is 0 Å². The number of thiophene rings is 2. The second-order valence-corrected chi connectivity index (χ2v) is 31.2. The largest absolute Gasteiger partial charge is 0.301 e. The second kappa shape index (κ2) is 17.0. The van der Waals surface area contributed by atoms with Crippen LogP contribution in [0, 0.1) is 0 Å². The zero-order valence-electron chi connectivity index (χ0n) is 47.8. The van der Waals surface area contributed by atoms with Crippen molar-refractivity contribution in [3.63, 3.8) is 0 Å². The summed E-state index contributed by atoms with van der Waals surface area (Å²) in [5, 5.41) is 7.71. The molecule has 80 heavy (non-hydrogen) atoms. The van der Waals surface area contributed by atoms with Crippen molar-refractivity contribution in [2.24, 2.45) is 0 Å². The van der Waals surface area contributed by atoms with Gasteiger partial charge >= 0.3 is 0 Å². The van der Waals surface area contributed by atoms with E-state index in [2.05, 4.69) is 274 Å². The van der Waals surface area contributed by atoms with Gasteiger partial charge in [-0.05, 0) is 162 Å². The topological polar surface area (TPSA) is 9.86 Å². The van der Waals surface area contributed by atoms with Crippen LogP contribution in [0.1, 0.15) is 148 Å². The highest BCUT2D eigenvalue weighted by Crippen LogP contribution is 2.70. The van der Waals surface area contributed by atoms with Gasteiger partial charge in [-0.25, -0.2) is 0 Å². The molecule has 6 heteroatoms. The van der Waals surface area contributed by atoms with Crippen LogP contribution in [0.3, 0.4) is 0 Å². The minimum Gasteiger partial charge on any atom is -0.301 e. The Morgan fingerprint density at radius 1 is 0.287 bits per heavy atom. The first-order chi connectivity index (χ1) is 38.2. The first-order valence-corrected chi connectivity index (χ1v) is 31.7. The van der Waals surface area contributed by atoms with Gasteiger partial charge in [0, 0.05) is 50.9 Å². The number of hydrogen-bond acceptors (Lipinski definition) is 4. The maximum absolute atomic E-state index is 2.66. The highest BCUT2D eigenvalue weighted by atomic mass is 32.2. The molecule has 0 unspecified atom stereocenters. The van der Waals surface area contributed by atoms with Gasteiger partial charge in [-0.1, -0.05) is 204 Å². The molecule has 0 amide bonds. The van der Waals surface area contributed by atoms with E-state index in [1.165, 1.54) is 139 Å². The molecule has 396 valence electrons. The average Bonchev–Trinajstić information content (AvgIpc) is 4.36. The molecule has 2 aliphatic heterocycles. The molecule has 0 saturated heterocycles. The van der Waals surface area contributed by atoms with Gasteiger partial charge in [-0.15, -0.1) is 22.7 Å². The molecule has 0 radical (unpaired) electrons. The molecule has 1 aliphatic carbocycles. The predicted molar refractivity (Wildman–Crippen MR) is 344 cm³/mol. The maximum atomic E-state index is 2.66. The molecule has 15 rings (SSSR count). The summed E-state index contributed by atoms with van der Waals surface area (Å²) >= 11 is 7.89. The lowest BCUT2D eigenvalue weighted by Gasteiger charge is -2.51. The molecule has 4 aromatic heterocycles. The van der Waals surface area contributed by atoms with Gasteiger partial charge in [0.1, 0.15) is 10.0 Å². The van der Waals surface area contributed by atoms with Crippen LogP contribution in [-0.2, 0) is 32.5 Å². The van der Waals surface area contributed by atoms with Crippen molar-refractivity contribution < 1.29 is 0 Å². The number of rotatable bonds is 2. The van der Waals surface area contributed by atoms with Gasteiger partial charge in [0.2, 0.25) is 0 Å². The average molecular weight is 1110 g/mol. The third kappa shape index (κ3) is 6.98. The molecular weight excluding hydrogens is 1050 g/mol. The van der Waals surface area contributed by atoms with Crippen LogP contribution in [0.4, 0.5) is 0 Å². The predicted octanol–water partition coefficient (Wildman–Crippen LogP) is 21.2. The van der Waals surface area contributed by atoms with E-state index >= 15 is 0 Å². The first-order valence-electron chi connectivity index (χ1n) is 28.4. The van der Waals surface area contributed by atoms with Gasteiger partial charge in [-0.3, -0.25) is 0 Å². The van der Waals surface area contributed by atoms with Crippen molar-refractivity contribution >= 4 is 89.8 Å². The lowest BCUT2D eigenvalue weighted by atomic mass is 9.55. The standard InChI is InChI=1S/C74H66N2S4/c1-69(2,3)43-29-33-57-47(37-43)48-38-44(70(4,5)6)30-34-58(48)75(57)65-41-55-67(79-65)74(53-23-15-19-27-63(53)78-64-28-20-16-24-54(64)74)56-42-66(80-68(56)73(55)51-21-13-17-25-61(51)77-62-26-18-14-22-52(62)73)76-59-35-31-45(71(7,8)9)39-49(59)50-40-46(72(10,11)12)32-36-60(50)76/h13-42H,1-12H3. The zero-order valence-corrected chi connectivity index (χ0v) is 51.1. The van der Waals surface area contributed by atoms with Crippen LogP contribution in [0.15, 0.2) is 202 Å². The Kier molecular flexibility index (Phi) is 10.7. The zero-order chi connectivity index (χ0) is 55.2. The third-order valence-electron chi connectivity index (χ3n) is 18.0. The normalized spacial score (nSPS) is 15.3. The van der Waals surface area contributed by atoms with Crippen molar-refractivity contribution in [3.8, 4) is 10.0 Å². The summed E-state index contributed by atoms with van der Waals surface area (Å²) in [4.78, 5) is 8.02. The lowest BCUT2D eigenvalue weighted by Crippen LogP contribution is -2.45. The molecule has 0 saturated carbocycles. The van der Waals surface area contributed by atoms with E-state index < -0.39 is 10.8 Å². The smallest absolute Gasteiger partial charge is 0.101 e. The third-order valence-corrected chi connectivity index (χ3v) is 22.7. The summed E-state index contributed by atoms with van der Waals surface area (Å²) in [5.74, 6) is 0. The Hall–Kier alpha value is -6.54. The molecule has 0 bridgehead atoms. The molecular formula is C74H66N2S4. The Morgan fingerprint density at radius 2 is 0.537 bits per heavy atom. The van der Waals surface area contributed by atoms with E-state index in [1.807, 2.05) is 46.2 Å². The number of benzene rings is 8. The van der Waals surface area contributed by atoms with Crippen LogP contribution in [-0.4, -0.2) is 9.13 Å². The van der Waals surface area contributed by atoms with Crippen LogP contribution in [0.5, 0.6) is 0 Å². The van der Waals surface area contributed by atoms with Crippen molar-refractivity contribution in [2.75, 3.05) is 0 Å². The minimum absolute atomic E-state index is 0.00911. The molecule has 12 aromatic rings. The maximum Gasteiger partial charge on any atom is 0.101 e. The molecule has 8 aromatic carbocycles. The van der Waals surface area contributed by atoms with Gasteiger partial charge in [0.15, 0.2) is 0 Å². The van der Waals surface area contributed by atoms with Gasteiger partial charge < -0.3 is 9.13 Å². The number of aromatic nitrogens is 2. The van der Waals surface area contributed by atoms with Crippen molar-refractivity contribution in [1.82, 2.24) is 9.13 Å². The van der Waals surface area contributed by atoms with E-state index in [4.69, 9.17) is 0 Å². The fraction of sp³-hybridized carbons (Fsp3) is 0.243. The highest BCUT2D eigenvalue weighted by molar-refractivity contribution is 7.99. The summed E-state index contributed by atoms with van der Waals surface area (Å²) in [6.07, 6.45) is 0. The monoisotopic (exact) mass is 1110 g/mol. The summed E-state index contributed by atoms with van der Waals surface area (Å²) in [5.41, 5.74) is 17.1.